The molecule has 6 heteroatoms. The third-order valence-corrected chi connectivity index (χ3v) is 3.80. The van der Waals surface area contributed by atoms with Gasteiger partial charge in [-0.3, -0.25) is 0 Å². The van der Waals surface area contributed by atoms with Crippen molar-refractivity contribution in [3.63, 3.8) is 0 Å². The molecule has 25 heavy (non-hydrogen) atoms. The molecule has 0 aromatic heterocycles. The fourth-order valence-corrected chi connectivity index (χ4v) is 2.32. The van der Waals surface area contributed by atoms with Crippen molar-refractivity contribution in [1.29, 1.82) is 0 Å². The molecule has 0 aliphatic rings. The number of benzene rings is 2. The number of rotatable bonds is 10. The summed E-state index contributed by atoms with van der Waals surface area (Å²) in [7, 11) is 0. The average molecular weight is 361 g/mol. The zero-order chi connectivity index (χ0) is 17.9. The highest BCUT2D eigenvalue weighted by Gasteiger charge is 2.01. The molecule has 0 saturated carbocycles. The van der Waals surface area contributed by atoms with E-state index in [4.69, 9.17) is 21.4 Å². The molecule has 0 aliphatic carbocycles. The van der Waals surface area contributed by atoms with Gasteiger partial charge in [0.1, 0.15) is 5.75 Å². The summed E-state index contributed by atoms with van der Waals surface area (Å²) in [6.45, 7) is 0.694. The number of nitrogens with zero attached hydrogens (tertiary/aromatic N) is 2. The maximum atomic E-state index is 10.8. The molecule has 2 rings (SSSR count). The van der Waals surface area contributed by atoms with Crippen LogP contribution >= 0.6 is 11.6 Å². The summed E-state index contributed by atoms with van der Waals surface area (Å²) in [5.74, 6) is 0.570. The number of hydrogen-bond acceptors (Lipinski definition) is 4. The summed E-state index contributed by atoms with van der Waals surface area (Å²) in [6.07, 6.45) is 4.34. The fourth-order valence-electron chi connectivity index (χ4n) is 2.14. The first-order chi connectivity index (χ1) is 12.2. The van der Waals surface area contributed by atoms with E-state index in [1.54, 1.807) is 12.1 Å². The van der Waals surface area contributed by atoms with Crippen molar-refractivity contribution in [3.05, 3.63) is 54.1 Å². The Hall–Kier alpha value is -2.40. The summed E-state index contributed by atoms with van der Waals surface area (Å²) in [6, 6.07) is 13.6. The van der Waals surface area contributed by atoms with E-state index in [1.807, 2.05) is 24.3 Å². The molecule has 0 atom stereocenters. The normalized spacial score (nSPS) is 10.9. The van der Waals surface area contributed by atoms with Gasteiger partial charge in [0, 0.05) is 5.88 Å². The van der Waals surface area contributed by atoms with Gasteiger partial charge in [0.25, 0.3) is 0 Å². The number of carboxylic acid groups (broad SMARTS) is 1. The Kier molecular flexibility index (Phi) is 7.92. The van der Waals surface area contributed by atoms with Gasteiger partial charge in [-0.2, -0.15) is 10.2 Å². The zero-order valence-electron chi connectivity index (χ0n) is 13.9. The molecule has 0 amide bonds. The maximum absolute atomic E-state index is 10.8. The lowest BCUT2D eigenvalue weighted by molar-refractivity contribution is 0.0697. The lowest BCUT2D eigenvalue weighted by Gasteiger charge is -2.05. The number of aromatic carboxylic acids is 1. The van der Waals surface area contributed by atoms with Crippen LogP contribution in [0.4, 0.5) is 11.4 Å². The van der Waals surface area contributed by atoms with Gasteiger partial charge in [0.15, 0.2) is 0 Å². The van der Waals surface area contributed by atoms with Crippen molar-refractivity contribution in [2.75, 3.05) is 12.5 Å². The van der Waals surface area contributed by atoms with E-state index in [-0.39, 0.29) is 5.56 Å². The minimum absolute atomic E-state index is 0.225. The van der Waals surface area contributed by atoms with Crippen LogP contribution in [0.5, 0.6) is 5.75 Å². The molecule has 0 unspecified atom stereocenters. The highest BCUT2D eigenvalue weighted by molar-refractivity contribution is 6.17. The number of azo groups is 1. The number of unbranched alkanes of at least 4 members (excludes halogenated alkanes) is 3. The number of hydrogen-bond donors (Lipinski definition) is 1. The van der Waals surface area contributed by atoms with Crippen LogP contribution in [0, 0.1) is 0 Å². The maximum Gasteiger partial charge on any atom is 0.335 e. The lowest BCUT2D eigenvalue weighted by atomic mass is 10.2. The average Bonchev–Trinajstić information content (AvgIpc) is 2.64. The van der Waals surface area contributed by atoms with E-state index >= 15 is 0 Å². The minimum atomic E-state index is -0.960. The summed E-state index contributed by atoms with van der Waals surface area (Å²) < 4.78 is 5.68. The highest BCUT2D eigenvalue weighted by Crippen LogP contribution is 2.21. The minimum Gasteiger partial charge on any atom is -0.494 e. The Morgan fingerprint density at radius 3 is 2.00 bits per heavy atom. The molecule has 0 radical (unpaired) electrons. The van der Waals surface area contributed by atoms with Crippen LogP contribution in [0.15, 0.2) is 58.8 Å². The predicted octanol–water partition coefficient (Wildman–Crippen LogP) is 5.98. The van der Waals surface area contributed by atoms with Crippen LogP contribution in [-0.4, -0.2) is 23.6 Å². The smallest absolute Gasteiger partial charge is 0.335 e. The Morgan fingerprint density at radius 1 is 0.880 bits per heavy atom. The number of carboxylic acids is 1. The second-order valence-electron chi connectivity index (χ2n) is 5.50. The molecule has 0 spiro atoms. The second-order valence-corrected chi connectivity index (χ2v) is 5.88. The number of carbonyl (C=O) groups is 1. The first kappa shape index (κ1) is 18.9. The predicted molar refractivity (Wildman–Crippen MR) is 98.7 cm³/mol. The van der Waals surface area contributed by atoms with E-state index in [0.29, 0.717) is 18.0 Å². The Labute approximate surface area is 152 Å². The number of ether oxygens (including phenoxy) is 1. The van der Waals surface area contributed by atoms with Gasteiger partial charge in [0.05, 0.1) is 23.5 Å². The van der Waals surface area contributed by atoms with E-state index in [9.17, 15) is 4.79 Å². The van der Waals surface area contributed by atoms with Crippen LogP contribution < -0.4 is 4.74 Å². The summed E-state index contributed by atoms with van der Waals surface area (Å²) in [4.78, 5) is 10.8. The van der Waals surface area contributed by atoms with Crippen LogP contribution in [0.1, 0.15) is 36.0 Å². The van der Waals surface area contributed by atoms with E-state index in [0.717, 1.165) is 37.3 Å². The first-order valence-corrected chi connectivity index (χ1v) is 8.76. The number of alkyl halides is 1. The van der Waals surface area contributed by atoms with Crippen molar-refractivity contribution in [2.24, 2.45) is 10.2 Å². The van der Waals surface area contributed by atoms with Gasteiger partial charge in [-0.05, 0) is 61.4 Å². The molecule has 5 nitrogen and oxygen atoms in total. The van der Waals surface area contributed by atoms with Crippen molar-refractivity contribution < 1.29 is 14.6 Å². The number of halogens is 1. The molecule has 0 fully saturated rings. The molecule has 2 aromatic rings. The quantitative estimate of drug-likeness (QED) is 0.322. The van der Waals surface area contributed by atoms with Gasteiger partial charge < -0.3 is 9.84 Å². The largest absolute Gasteiger partial charge is 0.494 e. The standard InChI is InChI=1S/C19H21ClN2O3/c20-13-3-1-2-4-14-25-18-11-9-17(10-12-18)22-21-16-7-5-15(6-8-16)19(23)24/h5-12H,1-4,13-14H2,(H,23,24)/b22-21+. The molecule has 0 saturated heterocycles. The molecule has 0 aliphatic heterocycles. The van der Waals surface area contributed by atoms with E-state index < -0.39 is 5.97 Å². The van der Waals surface area contributed by atoms with E-state index in [2.05, 4.69) is 10.2 Å². The van der Waals surface area contributed by atoms with Crippen molar-refractivity contribution >= 4 is 28.9 Å². The summed E-state index contributed by atoms with van der Waals surface area (Å²) in [5.41, 5.74) is 1.53. The third kappa shape index (κ3) is 6.93. The van der Waals surface area contributed by atoms with E-state index in [1.165, 1.54) is 12.1 Å². The molecule has 1 N–H and O–H groups in total. The van der Waals surface area contributed by atoms with Gasteiger partial charge in [-0.1, -0.05) is 12.8 Å². The van der Waals surface area contributed by atoms with Crippen LogP contribution in [0.3, 0.4) is 0 Å². The molecule has 0 heterocycles. The van der Waals surface area contributed by atoms with Crippen LogP contribution in [0.25, 0.3) is 0 Å². The zero-order valence-corrected chi connectivity index (χ0v) is 14.7. The fraction of sp³-hybridized carbons (Fsp3) is 0.316. The topological polar surface area (TPSA) is 71.2 Å². The van der Waals surface area contributed by atoms with Gasteiger partial charge in [-0.15, -0.1) is 11.6 Å². The SMILES string of the molecule is O=C(O)c1ccc(/N=N/c2ccc(OCCCCCCCl)cc2)cc1. The lowest BCUT2D eigenvalue weighted by Crippen LogP contribution is -1.96. The van der Waals surface area contributed by atoms with Gasteiger partial charge in [0.2, 0.25) is 0 Å². The highest BCUT2D eigenvalue weighted by atomic mass is 35.5. The van der Waals surface area contributed by atoms with Crippen LogP contribution in [-0.2, 0) is 0 Å². The van der Waals surface area contributed by atoms with Gasteiger partial charge >= 0.3 is 5.97 Å². The van der Waals surface area contributed by atoms with Crippen LogP contribution in [0.2, 0.25) is 0 Å². The monoisotopic (exact) mass is 360 g/mol. The molecule has 2 aromatic carbocycles. The Bertz CT molecular complexity index is 685. The molecular formula is C19H21ClN2O3. The van der Waals surface area contributed by atoms with Crippen molar-refractivity contribution in [1.82, 2.24) is 0 Å². The molecule has 0 bridgehead atoms. The van der Waals surface area contributed by atoms with Crippen molar-refractivity contribution in [3.8, 4) is 5.75 Å². The van der Waals surface area contributed by atoms with Crippen molar-refractivity contribution in [2.45, 2.75) is 25.7 Å². The summed E-state index contributed by atoms with van der Waals surface area (Å²) in [5, 5.41) is 17.1. The molecular weight excluding hydrogens is 340 g/mol. The summed E-state index contributed by atoms with van der Waals surface area (Å²) >= 11 is 5.64. The Balaban J connectivity index is 1.80. The third-order valence-electron chi connectivity index (χ3n) is 3.53. The first-order valence-electron chi connectivity index (χ1n) is 8.23. The van der Waals surface area contributed by atoms with Gasteiger partial charge in [-0.25, -0.2) is 4.79 Å². The molecule has 132 valence electrons. The Morgan fingerprint density at radius 2 is 1.44 bits per heavy atom. The second kappa shape index (κ2) is 10.5.